The van der Waals surface area contributed by atoms with Crippen molar-refractivity contribution < 1.29 is 18.7 Å². The van der Waals surface area contributed by atoms with Crippen LogP contribution in [0.3, 0.4) is 0 Å². The number of esters is 1. The number of fused-ring (bicyclic) bond motifs is 1. The molecule has 1 aliphatic carbocycles. The fraction of sp³-hybridized carbons (Fsp3) is 0.192. The van der Waals surface area contributed by atoms with Crippen LogP contribution in [0.5, 0.6) is 11.5 Å². The summed E-state index contributed by atoms with van der Waals surface area (Å²) < 4.78 is 27.6. The monoisotopic (exact) mass is 484 g/mol. The number of nitriles is 1. The van der Waals surface area contributed by atoms with Gasteiger partial charge in [-0.15, -0.1) is 0 Å². The zero-order valence-corrected chi connectivity index (χ0v) is 19.1. The number of aromatic nitrogens is 4. The van der Waals surface area contributed by atoms with E-state index in [-0.39, 0.29) is 41.7 Å². The molecule has 9 nitrogen and oxygen atoms in total. The molecule has 2 aromatic carbocycles. The Bertz CT molecular complexity index is 1510. The summed E-state index contributed by atoms with van der Waals surface area (Å²) in [6.07, 6.45) is 4.87. The Morgan fingerprint density at radius 1 is 1.19 bits per heavy atom. The number of nitrogens with zero attached hydrogens (tertiary/aromatic N) is 5. The summed E-state index contributed by atoms with van der Waals surface area (Å²) in [6, 6.07) is 15.4. The first-order valence-electron chi connectivity index (χ1n) is 11.3. The number of benzene rings is 2. The molecule has 0 radical (unpaired) electrons. The molecule has 5 rings (SSSR count). The Kier molecular flexibility index (Phi) is 6.28. The van der Waals surface area contributed by atoms with Crippen molar-refractivity contribution in [1.29, 1.82) is 5.26 Å². The van der Waals surface area contributed by atoms with Crippen LogP contribution < -0.4 is 10.5 Å². The van der Waals surface area contributed by atoms with Gasteiger partial charge in [-0.2, -0.15) is 10.4 Å². The number of nitrogen functional groups attached to an aromatic ring is 1. The zero-order valence-electron chi connectivity index (χ0n) is 19.1. The molecule has 0 spiro atoms. The van der Waals surface area contributed by atoms with Crippen LogP contribution in [0.2, 0.25) is 0 Å². The van der Waals surface area contributed by atoms with Crippen molar-refractivity contribution in [2.24, 2.45) is 5.92 Å². The number of anilines is 1. The predicted octanol–water partition coefficient (Wildman–Crippen LogP) is 4.41. The van der Waals surface area contributed by atoms with E-state index in [1.165, 1.54) is 17.1 Å². The van der Waals surface area contributed by atoms with Gasteiger partial charge in [0.25, 0.3) is 0 Å². The minimum absolute atomic E-state index is 0.00466. The van der Waals surface area contributed by atoms with Crippen molar-refractivity contribution in [2.75, 3.05) is 12.3 Å². The second-order valence-electron chi connectivity index (χ2n) is 8.25. The number of carbonyl (C=O) groups excluding carboxylic acids is 1. The van der Waals surface area contributed by atoms with Gasteiger partial charge in [0, 0.05) is 11.6 Å². The second-order valence-corrected chi connectivity index (χ2v) is 8.25. The van der Waals surface area contributed by atoms with E-state index < -0.39 is 11.8 Å². The molecule has 0 saturated heterocycles. The summed E-state index contributed by atoms with van der Waals surface area (Å²) in [5.74, 6) is 0.0713. The minimum Gasteiger partial charge on any atom is -0.460 e. The standard InChI is InChI=1S/C26H21FN6O3/c27-21-13-19(36-18-4-2-1-3-5-18)8-9-20(21)23-22-24(29)30-15-31-25(22)33(32-23)10-11-35-26(34)17(14-28)12-16-6-7-16/h1-5,8-9,12-13,15-16H,6-7,10-11H2,(H2,29,30,31)/b17-12-. The van der Waals surface area contributed by atoms with Gasteiger partial charge in [-0.1, -0.05) is 24.3 Å². The van der Waals surface area contributed by atoms with Crippen LogP contribution in [-0.4, -0.2) is 32.3 Å². The topological polar surface area (TPSA) is 129 Å². The molecule has 0 unspecified atom stereocenters. The molecule has 36 heavy (non-hydrogen) atoms. The highest BCUT2D eigenvalue weighted by Gasteiger charge is 2.23. The molecule has 10 heteroatoms. The molecular formula is C26H21FN6O3. The van der Waals surface area contributed by atoms with Crippen molar-refractivity contribution >= 4 is 22.8 Å². The molecule has 1 aliphatic rings. The van der Waals surface area contributed by atoms with Crippen molar-refractivity contribution in [3.05, 3.63) is 72.3 Å². The molecule has 0 bridgehead atoms. The number of rotatable bonds is 8. The van der Waals surface area contributed by atoms with Gasteiger partial charge in [-0.3, -0.25) is 0 Å². The molecule has 0 aliphatic heterocycles. The van der Waals surface area contributed by atoms with E-state index in [0.29, 0.717) is 22.5 Å². The van der Waals surface area contributed by atoms with Crippen LogP contribution in [0.25, 0.3) is 22.3 Å². The Balaban J connectivity index is 1.39. The van der Waals surface area contributed by atoms with Crippen LogP contribution >= 0.6 is 0 Å². The zero-order chi connectivity index (χ0) is 25.1. The quantitative estimate of drug-likeness (QED) is 0.221. The highest BCUT2D eigenvalue weighted by molar-refractivity contribution is 5.98. The van der Waals surface area contributed by atoms with Crippen LogP contribution in [0, 0.1) is 23.1 Å². The maximum absolute atomic E-state index is 15.2. The lowest BCUT2D eigenvalue weighted by molar-refractivity contribution is -0.138. The van der Waals surface area contributed by atoms with E-state index in [1.54, 1.807) is 30.3 Å². The van der Waals surface area contributed by atoms with Gasteiger partial charge in [0.1, 0.15) is 53.4 Å². The van der Waals surface area contributed by atoms with Crippen LogP contribution in [0.4, 0.5) is 10.2 Å². The highest BCUT2D eigenvalue weighted by atomic mass is 19.1. The van der Waals surface area contributed by atoms with Gasteiger partial charge in [0.15, 0.2) is 5.65 Å². The molecule has 1 saturated carbocycles. The van der Waals surface area contributed by atoms with Crippen molar-refractivity contribution in [3.8, 4) is 28.8 Å². The first kappa shape index (κ1) is 23.0. The van der Waals surface area contributed by atoms with Gasteiger partial charge < -0.3 is 15.2 Å². The molecular weight excluding hydrogens is 463 g/mol. The summed E-state index contributed by atoms with van der Waals surface area (Å²) in [4.78, 5) is 20.5. The number of nitrogens with two attached hydrogens (primary N) is 1. The summed E-state index contributed by atoms with van der Waals surface area (Å²) in [6.45, 7) is 0.0621. The third-order valence-electron chi connectivity index (χ3n) is 5.63. The summed E-state index contributed by atoms with van der Waals surface area (Å²) in [5.41, 5.74) is 6.90. The smallest absolute Gasteiger partial charge is 0.348 e. The maximum atomic E-state index is 15.2. The lowest BCUT2D eigenvalue weighted by Gasteiger charge is -2.07. The maximum Gasteiger partial charge on any atom is 0.348 e. The fourth-order valence-corrected chi connectivity index (χ4v) is 3.70. The number of ether oxygens (including phenoxy) is 2. The van der Waals surface area contributed by atoms with Gasteiger partial charge in [0.05, 0.1) is 11.9 Å². The van der Waals surface area contributed by atoms with E-state index in [0.717, 1.165) is 12.8 Å². The number of para-hydroxylation sites is 1. The van der Waals surface area contributed by atoms with Crippen molar-refractivity contribution in [2.45, 2.75) is 19.4 Å². The SMILES string of the molecule is N#C/C(=C/C1CC1)C(=O)OCCn1nc(-c2ccc(Oc3ccccc3)cc2F)c2c(N)ncnc21. The number of hydrogen-bond donors (Lipinski definition) is 1. The number of allylic oxidation sites excluding steroid dienone is 1. The van der Waals surface area contributed by atoms with E-state index in [9.17, 15) is 10.1 Å². The molecule has 2 N–H and O–H groups in total. The van der Waals surface area contributed by atoms with Gasteiger partial charge in [-0.05, 0) is 43.0 Å². The lowest BCUT2D eigenvalue weighted by atomic mass is 10.1. The summed E-state index contributed by atoms with van der Waals surface area (Å²) >= 11 is 0. The average Bonchev–Trinajstić information content (AvgIpc) is 3.63. The molecule has 180 valence electrons. The average molecular weight is 484 g/mol. The first-order chi connectivity index (χ1) is 17.5. The largest absolute Gasteiger partial charge is 0.460 e. The van der Waals surface area contributed by atoms with Crippen molar-refractivity contribution in [1.82, 2.24) is 19.7 Å². The van der Waals surface area contributed by atoms with Crippen LogP contribution in [0.15, 0.2) is 66.5 Å². The number of halogens is 1. The Hall–Kier alpha value is -4.78. The summed E-state index contributed by atoms with van der Waals surface area (Å²) in [7, 11) is 0. The van der Waals surface area contributed by atoms with E-state index in [4.69, 9.17) is 15.2 Å². The highest BCUT2D eigenvalue weighted by Crippen LogP contribution is 2.34. The van der Waals surface area contributed by atoms with Gasteiger partial charge >= 0.3 is 5.97 Å². The minimum atomic E-state index is -0.685. The molecule has 0 amide bonds. The third kappa shape index (κ3) is 4.86. The number of carbonyl (C=O) groups is 1. The van der Waals surface area contributed by atoms with E-state index in [2.05, 4.69) is 15.1 Å². The van der Waals surface area contributed by atoms with E-state index in [1.807, 2.05) is 24.3 Å². The van der Waals surface area contributed by atoms with Crippen LogP contribution in [0.1, 0.15) is 12.8 Å². The van der Waals surface area contributed by atoms with Gasteiger partial charge in [0.2, 0.25) is 0 Å². The summed E-state index contributed by atoms with van der Waals surface area (Å²) in [5, 5.41) is 14.1. The van der Waals surface area contributed by atoms with Crippen LogP contribution in [-0.2, 0) is 16.1 Å². The predicted molar refractivity (Wildman–Crippen MR) is 129 cm³/mol. The first-order valence-corrected chi connectivity index (χ1v) is 11.3. The Labute approximate surface area is 205 Å². The van der Waals surface area contributed by atoms with Crippen molar-refractivity contribution in [3.63, 3.8) is 0 Å². The molecule has 1 fully saturated rings. The number of hydrogen-bond acceptors (Lipinski definition) is 8. The molecule has 2 aromatic heterocycles. The molecule has 4 aromatic rings. The molecule has 0 atom stereocenters. The molecule has 2 heterocycles. The second kappa shape index (κ2) is 9.84. The fourth-order valence-electron chi connectivity index (χ4n) is 3.70. The third-order valence-corrected chi connectivity index (χ3v) is 5.63. The van der Waals surface area contributed by atoms with Gasteiger partial charge in [-0.25, -0.2) is 23.8 Å². The normalized spacial score (nSPS) is 13.4. The van der Waals surface area contributed by atoms with E-state index >= 15 is 4.39 Å². The Morgan fingerprint density at radius 2 is 2.00 bits per heavy atom. The Morgan fingerprint density at radius 3 is 2.72 bits per heavy atom. The lowest BCUT2D eigenvalue weighted by Crippen LogP contribution is -2.14.